The Morgan fingerprint density at radius 1 is 1.10 bits per heavy atom. The molecule has 3 heterocycles. The fourth-order valence-corrected chi connectivity index (χ4v) is 5.09. The number of hydrogen-bond donors (Lipinski definition) is 0. The Bertz CT molecular complexity index is 1200. The minimum absolute atomic E-state index is 0.0104. The van der Waals surface area contributed by atoms with E-state index in [9.17, 15) is 14.2 Å². The average molecular weight is 453 g/mol. The molecule has 12 nitrogen and oxygen atoms in total. The minimum atomic E-state index is -3.04. The second kappa shape index (κ2) is 9.71. The van der Waals surface area contributed by atoms with E-state index in [1.54, 1.807) is 43.4 Å². The molecule has 0 unspecified atom stereocenters. The molecule has 3 aromatic rings. The van der Waals surface area contributed by atoms with Gasteiger partial charge in [0.1, 0.15) is 5.69 Å². The van der Waals surface area contributed by atoms with Gasteiger partial charge in [-0.1, -0.05) is 5.21 Å². The van der Waals surface area contributed by atoms with Gasteiger partial charge in [0.15, 0.2) is 11.2 Å². The van der Waals surface area contributed by atoms with Gasteiger partial charge in [-0.3, -0.25) is 23.2 Å². The van der Waals surface area contributed by atoms with Gasteiger partial charge in [0, 0.05) is 20.6 Å². The second-order valence-electron chi connectivity index (χ2n) is 7.11. The predicted octanol–water partition coefficient (Wildman–Crippen LogP) is 1.12. The average Bonchev–Trinajstić information content (AvgIpc) is 3.34. The number of nitrogens with zero attached hydrogens (tertiary/aromatic N) is 7. The summed E-state index contributed by atoms with van der Waals surface area (Å²) in [5, 5.41) is 8.14. The molecular weight excluding hydrogens is 425 g/mol. The first kappa shape index (κ1) is 23.1. The van der Waals surface area contributed by atoms with Crippen molar-refractivity contribution in [3.8, 4) is 0 Å². The summed E-state index contributed by atoms with van der Waals surface area (Å²) in [7, 11) is 0.240. The number of unbranched alkanes of at least 4 members (excludes halogenated alkanes) is 1. The van der Waals surface area contributed by atoms with Crippen LogP contribution in [0.15, 0.2) is 22.1 Å². The van der Waals surface area contributed by atoms with Crippen LogP contribution in [0.4, 0.5) is 0 Å². The third kappa shape index (κ3) is 5.03. The highest BCUT2D eigenvalue weighted by molar-refractivity contribution is 7.53. The first-order chi connectivity index (χ1) is 14.8. The summed E-state index contributed by atoms with van der Waals surface area (Å²) in [6.45, 7) is 4.82. The van der Waals surface area contributed by atoms with Gasteiger partial charge < -0.3 is 13.6 Å². The van der Waals surface area contributed by atoms with Crippen LogP contribution in [0.2, 0.25) is 0 Å². The molecule has 0 saturated carbocycles. The summed E-state index contributed by atoms with van der Waals surface area (Å²) in [5.74, 6) is 0. The summed E-state index contributed by atoms with van der Waals surface area (Å²) in [5.41, 5.74) is 0.301. The van der Waals surface area contributed by atoms with Gasteiger partial charge in [0.05, 0.1) is 38.4 Å². The van der Waals surface area contributed by atoms with E-state index in [2.05, 4.69) is 15.3 Å². The Morgan fingerprint density at radius 2 is 1.81 bits per heavy atom. The van der Waals surface area contributed by atoms with Crippen LogP contribution in [-0.2, 0) is 40.8 Å². The molecule has 3 aromatic heterocycles. The van der Waals surface area contributed by atoms with Crippen LogP contribution in [0, 0.1) is 0 Å². The lowest BCUT2D eigenvalue weighted by atomic mass is 10.3. The topological polar surface area (TPSA) is 128 Å². The standard InChI is InChI=1S/C18H28N7O5P/c1-5-29-31(28,30-6-2)10-8-7-9-24-11-14(20-21-24)12-25-17(26)15-16(19-13-22(15)3)23(4)18(25)27/h11,13H,5-10,12H2,1-4H3. The SMILES string of the molecule is CCOP(=O)(CCCCn1cc(Cn2c(=O)c3c(ncn3C)n(C)c2=O)nn1)OCC. The van der Waals surface area contributed by atoms with Gasteiger partial charge in [-0.15, -0.1) is 5.10 Å². The van der Waals surface area contributed by atoms with Crippen molar-refractivity contribution in [3.05, 3.63) is 39.1 Å². The zero-order valence-electron chi connectivity index (χ0n) is 18.2. The fraction of sp³-hybridized carbons (Fsp3) is 0.611. The van der Waals surface area contributed by atoms with Crippen molar-refractivity contribution < 1.29 is 13.6 Å². The van der Waals surface area contributed by atoms with E-state index in [0.717, 1.165) is 4.57 Å². The van der Waals surface area contributed by atoms with E-state index in [0.29, 0.717) is 55.6 Å². The molecule has 31 heavy (non-hydrogen) atoms. The maximum atomic E-state index is 12.8. The van der Waals surface area contributed by atoms with Gasteiger partial charge in [-0.2, -0.15) is 0 Å². The molecule has 0 aliphatic carbocycles. The van der Waals surface area contributed by atoms with Crippen molar-refractivity contribution >= 4 is 18.8 Å². The van der Waals surface area contributed by atoms with Crippen molar-refractivity contribution in [2.24, 2.45) is 14.1 Å². The molecular formula is C18H28N7O5P. The highest BCUT2D eigenvalue weighted by Gasteiger charge is 2.22. The number of fused-ring (bicyclic) bond motifs is 1. The lowest BCUT2D eigenvalue weighted by molar-refractivity contribution is 0.219. The van der Waals surface area contributed by atoms with E-state index < -0.39 is 18.8 Å². The van der Waals surface area contributed by atoms with Gasteiger partial charge in [-0.05, 0) is 26.7 Å². The summed E-state index contributed by atoms with van der Waals surface area (Å²) in [4.78, 5) is 29.5. The molecule has 0 aliphatic rings. The van der Waals surface area contributed by atoms with E-state index in [4.69, 9.17) is 9.05 Å². The third-order valence-corrected chi connectivity index (χ3v) is 7.00. The smallest absolute Gasteiger partial charge is 0.328 e. The molecule has 0 saturated heterocycles. The van der Waals surface area contributed by atoms with E-state index in [1.807, 2.05) is 0 Å². The van der Waals surface area contributed by atoms with Crippen LogP contribution >= 0.6 is 7.60 Å². The predicted molar refractivity (Wildman–Crippen MR) is 114 cm³/mol. The fourth-order valence-electron chi connectivity index (χ4n) is 3.36. The summed E-state index contributed by atoms with van der Waals surface area (Å²) in [6, 6.07) is 0. The molecule has 0 radical (unpaired) electrons. The number of aryl methyl sites for hydroxylation is 3. The van der Waals surface area contributed by atoms with E-state index in [-0.39, 0.29) is 6.54 Å². The molecule has 0 amide bonds. The Kier molecular flexibility index (Phi) is 7.24. The highest BCUT2D eigenvalue weighted by atomic mass is 31.2. The number of rotatable bonds is 11. The molecule has 0 spiro atoms. The Hall–Kier alpha value is -2.56. The zero-order valence-corrected chi connectivity index (χ0v) is 19.1. The van der Waals surface area contributed by atoms with Crippen LogP contribution in [0.3, 0.4) is 0 Å². The molecule has 0 fully saturated rings. The largest absolute Gasteiger partial charge is 0.332 e. The monoisotopic (exact) mass is 453 g/mol. The Balaban J connectivity index is 1.66. The van der Waals surface area contributed by atoms with Crippen molar-refractivity contribution in [2.45, 2.75) is 39.8 Å². The normalized spacial score (nSPS) is 12.1. The van der Waals surface area contributed by atoms with Crippen LogP contribution in [0.25, 0.3) is 11.2 Å². The summed E-state index contributed by atoms with van der Waals surface area (Å²) < 4.78 is 28.7. The van der Waals surface area contributed by atoms with Crippen LogP contribution in [0.1, 0.15) is 32.4 Å². The zero-order chi connectivity index (χ0) is 22.6. The van der Waals surface area contributed by atoms with E-state index >= 15 is 0 Å². The minimum Gasteiger partial charge on any atom is -0.328 e. The van der Waals surface area contributed by atoms with Crippen LogP contribution < -0.4 is 11.2 Å². The Labute approximate surface area is 178 Å². The summed E-state index contributed by atoms with van der Waals surface area (Å²) >= 11 is 0. The molecule has 0 aliphatic heterocycles. The highest BCUT2D eigenvalue weighted by Crippen LogP contribution is 2.48. The molecule has 0 aromatic carbocycles. The van der Waals surface area contributed by atoms with Crippen molar-refractivity contribution in [2.75, 3.05) is 19.4 Å². The molecule has 13 heteroatoms. The molecule has 0 atom stereocenters. The number of imidazole rings is 1. The lowest BCUT2D eigenvalue weighted by Crippen LogP contribution is -2.39. The third-order valence-electron chi connectivity index (χ3n) is 4.83. The van der Waals surface area contributed by atoms with Crippen molar-refractivity contribution in [1.82, 2.24) is 33.7 Å². The second-order valence-corrected chi connectivity index (χ2v) is 9.30. The molecule has 3 rings (SSSR count). The van der Waals surface area contributed by atoms with Crippen molar-refractivity contribution in [1.29, 1.82) is 0 Å². The maximum absolute atomic E-state index is 12.8. The molecule has 0 N–H and O–H groups in total. The Morgan fingerprint density at radius 3 is 2.48 bits per heavy atom. The van der Waals surface area contributed by atoms with Gasteiger partial charge in [0.2, 0.25) is 0 Å². The number of hydrogen-bond acceptors (Lipinski definition) is 8. The molecule has 170 valence electrons. The lowest BCUT2D eigenvalue weighted by Gasteiger charge is -2.16. The van der Waals surface area contributed by atoms with Gasteiger partial charge >= 0.3 is 13.3 Å². The van der Waals surface area contributed by atoms with Gasteiger partial charge in [-0.25, -0.2) is 9.78 Å². The van der Waals surface area contributed by atoms with Gasteiger partial charge in [0.25, 0.3) is 5.56 Å². The number of aromatic nitrogens is 7. The van der Waals surface area contributed by atoms with Crippen LogP contribution in [0.5, 0.6) is 0 Å². The van der Waals surface area contributed by atoms with E-state index in [1.165, 1.54) is 10.9 Å². The first-order valence-corrected chi connectivity index (χ1v) is 11.9. The summed E-state index contributed by atoms with van der Waals surface area (Å²) in [6.07, 6.45) is 4.89. The maximum Gasteiger partial charge on any atom is 0.332 e. The van der Waals surface area contributed by atoms with Crippen molar-refractivity contribution in [3.63, 3.8) is 0 Å². The first-order valence-electron chi connectivity index (χ1n) is 10.2. The quantitative estimate of drug-likeness (QED) is 0.312. The van der Waals surface area contributed by atoms with Crippen LogP contribution in [-0.4, -0.2) is 53.1 Å². The molecule has 0 bridgehead atoms.